The van der Waals surface area contributed by atoms with Crippen molar-refractivity contribution < 1.29 is 23.8 Å². The van der Waals surface area contributed by atoms with Gasteiger partial charge in [0, 0.05) is 6.54 Å². The van der Waals surface area contributed by atoms with E-state index in [-0.39, 0.29) is 25.0 Å². The first-order valence-corrected chi connectivity index (χ1v) is 10.7. The highest BCUT2D eigenvalue weighted by atomic mass is 16.7. The third-order valence-electron chi connectivity index (χ3n) is 5.61. The third-order valence-corrected chi connectivity index (χ3v) is 5.61. The van der Waals surface area contributed by atoms with E-state index in [0.29, 0.717) is 36.6 Å². The Kier molecular flexibility index (Phi) is 6.45. The highest BCUT2D eigenvalue weighted by Gasteiger charge is 2.35. The van der Waals surface area contributed by atoms with Gasteiger partial charge in [0.25, 0.3) is 0 Å². The van der Waals surface area contributed by atoms with Crippen molar-refractivity contribution in [2.75, 3.05) is 19.9 Å². The number of fused-ring (bicyclic) bond motifs is 1. The molecule has 2 aliphatic heterocycles. The van der Waals surface area contributed by atoms with Gasteiger partial charge in [-0.05, 0) is 55.2 Å². The molecule has 1 unspecified atom stereocenters. The van der Waals surface area contributed by atoms with Gasteiger partial charge in [0.05, 0.1) is 19.1 Å². The van der Waals surface area contributed by atoms with Crippen molar-refractivity contribution in [1.29, 1.82) is 5.26 Å². The van der Waals surface area contributed by atoms with E-state index in [4.69, 9.17) is 14.2 Å². The molecule has 2 heterocycles. The van der Waals surface area contributed by atoms with Crippen molar-refractivity contribution in [3.8, 4) is 23.3 Å². The lowest BCUT2D eigenvalue weighted by molar-refractivity contribution is -0.138. The Morgan fingerprint density at radius 3 is 2.75 bits per heavy atom. The van der Waals surface area contributed by atoms with E-state index in [9.17, 15) is 14.9 Å². The largest absolute Gasteiger partial charge is 0.494 e. The fraction of sp³-hybridized carbons (Fsp3) is 0.375. The van der Waals surface area contributed by atoms with E-state index >= 15 is 0 Å². The number of nitrogens with one attached hydrogen (secondary N) is 1. The average Bonchev–Trinajstić information content (AvgIpc) is 3.48. The normalized spacial score (nSPS) is 17.5. The van der Waals surface area contributed by atoms with E-state index in [1.54, 1.807) is 23.1 Å². The number of nitriles is 1. The van der Waals surface area contributed by atoms with Crippen molar-refractivity contribution in [2.45, 2.75) is 38.3 Å². The first kappa shape index (κ1) is 21.5. The van der Waals surface area contributed by atoms with Gasteiger partial charge < -0.3 is 24.4 Å². The summed E-state index contributed by atoms with van der Waals surface area (Å²) in [6, 6.07) is 13.2. The molecule has 2 aliphatic rings. The van der Waals surface area contributed by atoms with E-state index < -0.39 is 12.1 Å². The minimum absolute atomic E-state index is 0.108. The van der Waals surface area contributed by atoms with Crippen LogP contribution < -0.4 is 19.5 Å². The van der Waals surface area contributed by atoms with Crippen LogP contribution >= 0.6 is 0 Å². The molecule has 4 rings (SSSR count). The number of likely N-dealkylation sites (tertiary alicyclic amines) is 1. The Hall–Kier alpha value is -3.73. The summed E-state index contributed by atoms with van der Waals surface area (Å²) in [6.07, 6.45) is 1.52. The second-order valence-electron chi connectivity index (χ2n) is 7.68. The highest BCUT2D eigenvalue weighted by molar-refractivity contribution is 5.89. The summed E-state index contributed by atoms with van der Waals surface area (Å²) in [7, 11) is 0. The fourth-order valence-corrected chi connectivity index (χ4v) is 4.01. The van der Waals surface area contributed by atoms with Crippen molar-refractivity contribution in [1.82, 2.24) is 10.2 Å². The van der Waals surface area contributed by atoms with Gasteiger partial charge in [-0.25, -0.2) is 0 Å². The third kappa shape index (κ3) is 4.62. The van der Waals surface area contributed by atoms with Crippen LogP contribution in [0.25, 0.3) is 0 Å². The molecule has 2 aromatic rings. The number of carbonyl (C=O) groups is 2. The lowest BCUT2D eigenvalue weighted by Gasteiger charge is -2.25. The molecule has 0 aromatic heterocycles. The van der Waals surface area contributed by atoms with Crippen LogP contribution in [0.3, 0.4) is 0 Å². The molecule has 1 saturated heterocycles. The lowest BCUT2D eigenvalue weighted by Crippen LogP contribution is -2.47. The van der Waals surface area contributed by atoms with Gasteiger partial charge in [0.2, 0.25) is 18.6 Å². The summed E-state index contributed by atoms with van der Waals surface area (Å²) >= 11 is 0. The van der Waals surface area contributed by atoms with E-state index in [0.717, 1.165) is 17.7 Å². The van der Waals surface area contributed by atoms with Gasteiger partial charge in [-0.2, -0.15) is 5.26 Å². The maximum Gasteiger partial charge on any atom is 0.244 e. The predicted molar refractivity (Wildman–Crippen MR) is 115 cm³/mol. The van der Waals surface area contributed by atoms with E-state index in [1.165, 1.54) is 0 Å². The quantitative estimate of drug-likeness (QED) is 0.718. The number of nitrogens with zero attached hydrogens (tertiary/aromatic N) is 2. The molecule has 0 aliphatic carbocycles. The van der Waals surface area contributed by atoms with Crippen LogP contribution in [0.15, 0.2) is 42.5 Å². The van der Waals surface area contributed by atoms with Gasteiger partial charge in [0.1, 0.15) is 17.8 Å². The van der Waals surface area contributed by atoms with Crippen molar-refractivity contribution in [3.05, 3.63) is 53.6 Å². The molecule has 2 atom stereocenters. The molecule has 1 N–H and O–H groups in total. The SMILES string of the molecule is CCOc1ccc(CC(=O)N2CCC[C@H]2C(=O)NC(C#N)c2ccc3c(c2)OCO3)cc1. The summed E-state index contributed by atoms with van der Waals surface area (Å²) in [6.45, 7) is 3.16. The maximum absolute atomic E-state index is 13.0. The molecule has 8 heteroatoms. The smallest absolute Gasteiger partial charge is 0.244 e. The monoisotopic (exact) mass is 435 g/mol. The van der Waals surface area contributed by atoms with Gasteiger partial charge in [-0.3, -0.25) is 9.59 Å². The summed E-state index contributed by atoms with van der Waals surface area (Å²) < 4.78 is 16.1. The number of hydrogen-bond donors (Lipinski definition) is 1. The summed E-state index contributed by atoms with van der Waals surface area (Å²) in [5, 5.41) is 12.4. The molecule has 2 amide bonds. The molecule has 2 aromatic carbocycles. The number of benzene rings is 2. The molecule has 32 heavy (non-hydrogen) atoms. The van der Waals surface area contributed by atoms with Crippen LogP contribution in [0, 0.1) is 11.3 Å². The Labute approximate surface area is 186 Å². The first-order valence-electron chi connectivity index (χ1n) is 10.7. The van der Waals surface area contributed by atoms with Gasteiger partial charge in [-0.1, -0.05) is 18.2 Å². The predicted octanol–water partition coefficient (Wildman–Crippen LogP) is 2.73. The number of ether oxygens (including phenoxy) is 3. The molecule has 0 radical (unpaired) electrons. The summed E-state index contributed by atoms with van der Waals surface area (Å²) in [5.41, 5.74) is 1.47. The molecule has 166 valence electrons. The average molecular weight is 435 g/mol. The van der Waals surface area contributed by atoms with Crippen molar-refractivity contribution in [3.63, 3.8) is 0 Å². The number of rotatable bonds is 7. The van der Waals surface area contributed by atoms with Gasteiger partial charge in [-0.15, -0.1) is 0 Å². The van der Waals surface area contributed by atoms with Gasteiger partial charge in [0.15, 0.2) is 11.5 Å². The zero-order valence-electron chi connectivity index (χ0n) is 17.9. The van der Waals surface area contributed by atoms with Gasteiger partial charge >= 0.3 is 0 Å². The molecular formula is C24H25N3O5. The lowest BCUT2D eigenvalue weighted by atomic mass is 10.1. The van der Waals surface area contributed by atoms with Crippen LogP contribution in [0.4, 0.5) is 0 Å². The molecular weight excluding hydrogens is 410 g/mol. The molecule has 0 spiro atoms. The van der Waals surface area contributed by atoms with E-state index in [1.807, 2.05) is 31.2 Å². The Bertz CT molecular complexity index is 1030. The van der Waals surface area contributed by atoms with Crippen LogP contribution in [0.1, 0.15) is 36.9 Å². The second kappa shape index (κ2) is 9.60. The Balaban J connectivity index is 1.40. The van der Waals surface area contributed by atoms with Crippen LogP contribution in [0.2, 0.25) is 0 Å². The molecule has 8 nitrogen and oxygen atoms in total. The van der Waals surface area contributed by atoms with Crippen molar-refractivity contribution >= 4 is 11.8 Å². The number of amides is 2. The maximum atomic E-state index is 13.0. The minimum atomic E-state index is -0.847. The molecule has 1 fully saturated rings. The highest BCUT2D eigenvalue weighted by Crippen LogP contribution is 2.34. The Morgan fingerprint density at radius 2 is 2.00 bits per heavy atom. The Morgan fingerprint density at radius 1 is 1.22 bits per heavy atom. The fourth-order valence-electron chi connectivity index (χ4n) is 4.01. The summed E-state index contributed by atoms with van der Waals surface area (Å²) in [4.78, 5) is 27.5. The van der Waals surface area contributed by atoms with Crippen LogP contribution in [-0.2, 0) is 16.0 Å². The summed E-state index contributed by atoms with van der Waals surface area (Å²) in [5.74, 6) is 1.48. The van der Waals surface area contributed by atoms with Crippen LogP contribution in [0.5, 0.6) is 17.2 Å². The second-order valence-corrected chi connectivity index (χ2v) is 7.68. The minimum Gasteiger partial charge on any atom is -0.494 e. The number of hydrogen-bond acceptors (Lipinski definition) is 6. The topological polar surface area (TPSA) is 101 Å². The number of carbonyl (C=O) groups excluding carboxylic acids is 2. The molecule has 0 saturated carbocycles. The molecule has 0 bridgehead atoms. The zero-order valence-corrected chi connectivity index (χ0v) is 17.9. The first-order chi connectivity index (χ1) is 15.6. The zero-order chi connectivity index (χ0) is 22.5. The standard InChI is InChI=1S/C24H25N3O5/c1-2-30-18-8-5-16(6-9-18)12-23(28)27-11-3-4-20(27)24(29)26-19(14-25)17-7-10-21-22(13-17)32-15-31-21/h5-10,13,19-20H,2-4,11-12,15H2,1H3,(H,26,29)/t19?,20-/m0/s1. The van der Waals surface area contributed by atoms with Crippen molar-refractivity contribution in [2.24, 2.45) is 0 Å². The van der Waals surface area contributed by atoms with E-state index in [2.05, 4.69) is 11.4 Å². The van der Waals surface area contributed by atoms with Crippen LogP contribution in [-0.4, -0.2) is 42.7 Å².